The van der Waals surface area contributed by atoms with Crippen LogP contribution in [0.5, 0.6) is 0 Å². The quantitative estimate of drug-likeness (QED) is 0.622. The number of anilines is 1. The molecule has 2 aromatic rings. The lowest BCUT2D eigenvalue weighted by atomic mass is 10.4. The molecule has 2 heterocycles. The lowest BCUT2D eigenvalue weighted by Crippen LogP contribution is -2.30. The van der Waals surface area contributed by atoms with Crippen molar-refractivity contribution in [3.05, 3.63) is 40.7 Å². The minimum atomic E-state index is -3.47. The molecule has 0 unspecified atom stereocenters. The number of pyridine rings is 1. The summed E-state index contributed by atoms with van der Waals surface area (Å²) in [6.45, 7) is 4.49. The summed E-state index contributed by atoms with van der Waals surface area (Å²) < 4.78 is 26.0. The lowest BCUT2D eigenvalue weighted by Gasteiger charge is -2.18. The molecule has 0 saturated carbocycles. The summed E-state index contributed by atoms with van der Waals surface area (Å²) in [4.78, 5) is 4.27. The van der Waals surface area contributed by atoms with E-state index in [9.17, 15) is 8.42 Å². The summed E-state index contributed by atoms with van der Waals surface area (Å²) in [5.74, 6) is 0.491. The molecule has 22 heavy (non-hydrogen) atoms. The number of thiophene rings is 1. The average molecular weight is 338 g/mol. The van der Waals surface area contributed by atoms with Crippen LogP contribution < -0.4 is 5.43 Å². The fourth-order valence-corrected chi connectivity index (χ4v) is 3.85. The summed E-state index contributed by atoms with van der Waals surface area (Å²) in [6.07, 6.45) is 3.02. The van der Waals surface area contributed by atoms with E-state index >= 15 is 0 Å². The number of sulfonamides is 1. The van der Waals surface area contributed by atoms with Crippen LogP contribution in [-0.2, 0) is 10.0 Å². The highest BCUT2D eigenvalue weighted by Gasteiger charge is 2.21. The second-order valence-electron chi connectivity index (χ2n) is 4.40. The Morgan fingerprint density at radius 3 is 2.64 bits per heavy atom. The predicted octanol–water partition coefficient (Wildman–Crippen LogP) is 2.62. The Morgan fingerprint density at radius 1 is 1.32 bits per heavy atom. The van der Waals surface area contributed by atoms with Gasteiger partial charge in [-0.25, -0.2) is 13.4 Å². The van der Waals surface area contributed by atoms with Gasteiger partial charge in [-0.15, -0.1) is 0 Å². The van der Waals surface area contributed by atoms with Gasteiger partial charge in [0.2, 0.25) is 10.0 Å². The topological polar surface area (TPSA) is 74.7 Å². The summed E-state index contributed by atoms with van der Waals surface area (Å²) in [6, 6.07) is 5.08. The van der Waals surface area contributed by atoms with Crippen LogP contribution in [0.4, 0.5) is 5.82 Å². The van der Waals surface area contributed by atoms with Gasteiger partial charge in [-0.2, -0.15) is 20.7 Å². The lowest BCUT2D eigenvalue weighted by molar-refractivity contribution is 0.445. The molecule has 0 saturated heterocycles. The zero-order valence-electron chi connectivity index (χ0n) is 12.4. The Balaban J connectivity index is 2.07. The van der Waals surface area contributed by atoms with Crippen molar-refractivity contribution in [3.8, 4) is 0 Å². The van der Waals surface area contributed by atoms with Gasteiger partial charge in [-0.05, 0) is 29.0 Å². The Kier molecular flexibility index (Phi) is 5.64. The van der Waals surface area contributed by atoms with E-state index in [4.69, 9.17) is 0 Å². The third-order valence-corrected chi connectivity index (χ3v) is 5.75. The maximum atomic E-state index is 12.3. The van der Waals surface area contributed by atoms with Crippen LogP contribution in [0.15, 0.2) is 45.2 Å². The highest BCUT2D eigenvalue weighted by atomic mass is 32.2. The monoisotopic (exact) mass is 338 g/mol. The SMILES string of the molecule is CCN(CC)S(=O)(=O)c1ccc(NN=Cc2ccsc2)nc1. The molecule has 6 nitrogen and oxygen atoms in total. The van der Waals surface area contributed by atoms with Crippen LogP contribution in [0.25, 0.3) is 0 Å². The van der Waals surface area contributed by atoms with Crippen LogP contribution in [0.1, 0.15) is 19.4 Å². The molecule has 118 valence electrons. The highest BCUT2D eigenvalue weighted by Crippen LogP contribution is 2.16. The number of rotatable bonds is 7. The van der Waals surface area contributed by atoms with Gasteiger partial charge in [0.05, 0.1) is 6.21 Å². The van der Waals surface area contributed by atoms with E-state index in [0.29, 0.717) is 18.9 Å². The number of aromatic nitrogens is 1. The number of nitrogens with one attached hydrogen (secondary N) is 1. The Hall–Kier alpha value is -1.77. The minimum absolute atomic E-state index is 0.184. The molecule has 8 heteroatoms. The van der Waals surface area contributed by atoms with E-state index in [1.54, 1.807) is 23.6 Å². The third kappa shape index (κ3) is 3.90. The molecular weight excluding hydrogens is 320 g/mol. The highest BCUT2D eigenvalue weighted by molar-refractivity contribution is 7.89. The smallest absolute Gasteiger partial charge is 0.244 e. The number of hydrogen-bond donors (Lipinski definition) is 1. The molecule has 0 aliphatic heterocycles. The molecule has 0 atom stereocenters. The van der Waals surface area contributed by atoms with Crippen LogP contribution in [0.2, 0.25) is 0 Å². The zero-order valence-corrected chi connectivity index (χ0v) is 14.1. The molecule has 0 fully saturated rings. The Morgan fingerprint density at radius 2 is 2.09 bits per heavy atom. The van der Waals surface area contributed by atoms with E-state index in [-0.39, 0.29) is 4.90 Å². The third-order valence-electron chi connectivity index (χ3n) is 3.02. The van der Waals surface area contributed by atoms with Crippen molar-refractivity contribution in [2.75, 3.05) is 18.5 Å². The standard InChI is InChI=1S/C14H18N4O2S2/c1-3-18(4-2)22(19,20)13-5-6-14(15-10-13)17-16-9-12-7-8-21-11-12/h5-11H,3-4H2,1-2H3,(H,15,17). The van der Waals surface area contributed by atoms with Crippen molar-refractivity contribution >= 4 is 33.4 Å². The molecule has 0 amide bonds. The van der Waals surface area contributed by atoms with Gasteiger partial charge in [0, 0.05) is 24.8 Å². The molecule has 2 aromatic heterocycles. The number of nitrogens with zero attached hydrogens (tertiary/aromatic N) is 3. The summed E-state index contributed by atoms with van der Waals surface area (Å²) in [5, 5.41) is 7.99. The number of hydrogen-bond acceptors (Lipinski definition) is 6. The minimum Gasteiger partial charge on any atom is -0.261 e. The molecule has 0 bridgehead atoms. The second-order valence-corrected chi connectivity index (χ2v) is 7.11. The normalized spacial score (nSPS) is 12.1. The molecule has 0 aliphatic rings. The first-order valence-electron chi connectivity index (χ1n) is 6.85. The van der Waals surface area contributed by atoms with Crippen molar-refractivity contribution in [1.82, 2.24) is 9.29 Å². The molecular formula is C14H18N4O2S2. The second kappa shape index (κ2) is 7.48. The van der Waals surface area contributed by atoms with Crippen molar-refractivity contribution in [1.29, 1.82) is 0 Å². The van der Waals surface area contributed by atoms with Gasteiger partial charge in [0.25, 0.3) is 0 Å². The Labute approximate surface area is 134 Å². The van der Waals surface area contributed by atoms with E-state index in [1.807, 2.05) is 30.7 Å². The van der Waals surface area contributed by atoms with Gasteiger partial charge in [0.1, 0.15) is 10.7 Å². The van der Waals surface area contributed by atoms with Gasteiger partial charge in [0.15, 0.2) is 0 Å². The maximum absolute atomic E-state index is 12.3. The molecule has 0 aromatic carbocycles. The van der Waals surface area contributed by atoms with Crippen LogP contribution in [0, 0.1) is 0 Å². The van der Waals surface area contributed by atoms with Crippen molar-refractivity contribution < 1.29 is 8.42 Å². The van der Waals surface area contributed by atoms with Gasteiger partial charge >= 0.3 is 0 Å². The largest absolute Gasteiger partial charge is 0.261 e. The first-order chi connectivity index (χ1) is 10.6. The first kappa shape index (κ1) is 16.6. The van der Waals surface area contributed by atoms with E-state index in [0.717, 1.165) is 5.56 Å². The van der Waals surface area contributed by atoms with Crippen LogP contribution >= 0.6 is 11.3 Å². The summed E-state index contributed by atoms with van der Waals surface area (Å²) in [7, 11) is -3.47. The van der Waals surface area contributed by atoms with E-state index in [1.165, 1.54) is 16.6 Å². The molecule has 1 N–H and O–H groups in total. The average Bonchev–Trinajstić information content (AvgIpc) is 3.02. The first-order valence-corrected chi connectivity index (χ1v) is 9.23. The van der Waals surface area contributed by atoms with Crippen LogP contribution in [-0.4, -0.2) is 37.0 Å². The van der Waals surface area contributed by atoms with Gasteiger partial charge in [-0.1, -0.05) is 13.8 Å². The summed E-state index contributed by atoms with van der Waals surface area (Å²) in [5.41, 5.74) is 3.77. The maximum Gasteiger partial charge on any atom is 0.244 e. The van der Waals surface area contributed by atoms with Crippen molar-refractivity contribution in [2.45, 2.75) is 18.7 Å². The molecule has 0 radical (unpaired) electrons. The fraction of sp³-hybridized carbons (Fsp3) is 0.286. The zero-order chi connectivity index (χ0) is 16.0. The van der Waals surface area contributed by atoms with E-state index in [2.05, 4.69) is 15.5 Å². The van der Waals surface area contributed by atoms with Crippen molar-refractivity contribution in [2.24, 2.45) is 5.10 Å². The molecule has 0 spiro atoms. The van der Waals surface area contributed by atoms with E-state index < -0.39 is 10.0 Å². The van der Waals surface area contributed by atoms with Crippen LogP contribution in [0.3, 0.4) is 0 Å². The van der Waals surface area contributed by atoms with Crippen molar-refractivity contribution in [3.63, 3.8) is 0 Å². The molecule has 2 rings (SSSR count). The van der Waals surface area contributed by atoms with Gasteiger partial charge < -0.3 is 0 Å². The fourth-order valence-electron chi connectivity index (χ4n) is 1.83. The van der Waals surface area contributed by atoms with Gasteiger partial charge in [-0.3, -0.25) is 5.43 Å². The predicted molar refractivity (Wildman–Crippen MR) is 89.9 cm³/mol. The number of hydrazone groups is 1. The molecule has 0 aliphatic carbocycles. The Bertz CT molecular complexity index is 706. The summed E-state index contributed by atoms with van der Waals surface area (Å²) >= 11 is 1.59.